The number of hydrogen-bond acceptors (Lipinski definition) is 5. The van der Waals surface area contributed by atoms with Gasteiger partial charge < -0.3 is 14.4 Å². The SMILES string of the molecule is CC1Cc2ccccc2N1C(=O)C1CCN(S(=O)(=O)c2ccc3c(c2)OCCCO3)CC1. The molecule has 1 fully saturated rings. The molecule has 1 unspecified atom stereocenters. The highest BCUT2D eigenvalue weighted by Crippen LogP contribution is 2.36. The number of carbonyl (C=O) groups excluding carboxylic acids is 1. The lowest BCUT2D eigenvalue weighted by Crippen LogP contribution is -2.46. The molecule has 7 nitrogen and oxygen atoms in total. The van der Waals surface area contributed by atoms with Gasteiger partial charge in [0.1, 0.15) is 0 Å². The first-order valence-electron chi connectivity index (χ1n) is 11.3. The Morgan fingerprint density at radius 1 is 1.00 bits per heavy atom. The lowest BCUT2D eigenvalue weighted by Gasteiger charge is -2.34. The Kier molecular flexibility index (Phi) is 5.59. The van der Waals surface area contributed by atoms with Crippen LogP contribution in [0.3, 0.4) is 0 Å². The van der Waals surface area contributed by atoms with Crippen LogP contribution in [-0.2, 0) is 21.2 Å². The highest BCUT2D eigenvalue weighted by molar-refractivity contribution is 7.89. The number of anilines is 1. The molecule has 170 valence electrons. The summed E-state index contributed by atoms with van der Waals surface area (Å²) in [5.41, 5.74) is 2.19. The normalized spacial score (nSPS) is 21.8. The number of amides is 1. The average Bonchev–Trinajstić information content (AvgIpc) is 2.97. The number of benzene rings is 2. The first kappa shape index (κ1) is 21.3. The molecule has 1 saturated heterocycles. The fraction of sp³-hybridized carbons (Fsp3) is 0.458. The summed E-state index contributed by atoms with van der Waals surface area (Å²) in [6.45, 7) is 3.79. The third kappa shape index (κ3) is 3.75. The molecule has 2 aromatic rings. The molecular weight excluding hydrogens is 428 g/mol. The molecule has 32 heavy (non-hydrogen) atoms. The molecule has 0 spiro atoms. The molecule has 0 radical (unpaired) electrons. The molecule has 0 aromatic heterocycles. The number of fused-ring (bicyclic) bond motifs is 2. The minimum atomic E-state index is -3.66. The van der Waals surface area contributed by atoms with Crippen molar-refractivity contribution in [2.24, 2.45) is 5.92 Å². The molecule has 1 atom stereocenters. The topological polar surface area (TPSA) is 76.2 Å². The van der Waals surface area contributed by atoms with Crippen molar-refractivity contribution >= 4 is 21.6 Å². The Morgan fingerprint density at radius 3 is 2.50 bits per heavy atom. The zero-order chi connectivity index (χ0) is 22.3. The average molecular weight is 457 g/mol. The van der Waals surface area contributed by atoms with Crippen LogP contribution >= 0.6 is 0 Å². The summed E-state index contributed by atoms with van der Waals surface area (Å²) < 4.78 is 39.2. The standard InChI is InChI=1S/C24H28N2O5S/c1-17-15-19-5-2-3-6-21(19)26(17)24(27)18-9-11-25(12-10-18)32(28,29)20-7-8-22-23(16-20)31-14-4-13-30-22/h2-3,5-8,16-18H,4,9-15H2,1H3. The Morgan fingerprint density at radius 2 is 1.72 bits per heavy atom. The third-order valence-corrected chi connectivity index (χ3v) is 8.50. The molecule has 3 aliphatic rings. The second-order valence-corrected chi connectivity index (χ2v) is 10.7. The van der Waals surface area contributed by atoms with E-state index in [-0.39, 0.29) is 22.8 Å². The number of para-hydroxylation sites is 1. The zero-order valence-electron chi connectivity index (χ0n) is 18.2. The smallest absolute Gasteiger partial charge is 0.243 e. The van der Waals surface area contributed by atoms with Crippen LogP contribution in [0.5, 0.6) is 11.5 Å². The van der Waals surface area contributed by atoms with Crippen molar-refractivity contribution in [1.29, 1.82) is 0 Å². The van der Waals surface area contributed by atoms with Gasteiger partial charge in [0.15, 0.2) is 11.5 Å². The Balaban J connectivity index is 1.28. The molecule has 8 heteroatoms. The van der Waals surface area contributed by atoms with Gasteiger partial charge in [-0.1, -0.05) is 18.2 Å². The van der Waals surface area contributed by atoms with Gasteiger partial charge in [-0.3, -0.25) is 4.79 Å². The van der Waals surface area contributed by atoms with Crippen molar-refractivity contribution in [3.05, 3.63) is 48.0 Å². The van der Waals surface area contributed by atoms with Crippen LogP contribution in [0, 0.1) is 5.92 Å². The number of hydrogen-bond donors (Lipinski definition) is 0. The maximum Gasteiger partial charge on any atom is 0.243 e. The molecule has 3 heterocycles. The van der Waals surface area contributed by atoms with Crippen LogP contribution in [0.2, 0.25) is 0 Å². The second kappa shape index (κ2) is 8.41. The van der Waals surface area contributed by atoms with E-state index in [4.69, 9.17) is 9.47 Å². The molecule has 3 aliphatic heterocycles. The van der Waals surface area contributed by atoms with Crippen molar-refractivity contribution in [2.75, 3.05) is 31.2 Å². The number of sulfonamides is 1. The fourth-order valence-electron chi connectivity index (χ4n) is 4.89. The summed E-state index contributed by atoms with van der Waals surface area (Å²) in [5.74, 6) is 0.981. The van der Waals surface area contributed by atoms with E-state index >= 15 is 0 Å². The molecule has 0 saturated carbocycles. The summed E-state index contributed by atoms with van der Waals surface area (Å²) in [5, 5.41) is 0. The van der Waals surface area contributed by atoms with Crippen molar-refractivity contribution < 1.29 is 22.7 Å². The largest absolute Gasteiger partial charge is 0.490 e. The van der Waals surface area contributed by atoms with Gasteiger partial charge in [0.25, 0.3) is 0 Å². The van der Waals surface area contributed by atoms with E-state index in [0.717, 1.165) is 18.5 Å². The first-order valence-corrected chi connectivity index (χ1v) is 12.7. The first-order chi connectivity index (χ1) is 15.4. The Labute approximate surface area is 189 Å². The summed E-state index contributed by atoms with van der Waals surface area (Å²) >= 11 is 0. The molecule has 5 rings (SSSR count). The summed E-state index contributed by atoms with van der Waals surface area (Å²) in [6, 6.07) is 13.0. The predicted octanol–water partition coefficient (Wildman–Crippen LogP) is 3.23. The van der Waals surface area contributed by atoms with E-state index in [1.807, 2.05) is 23.1 Å². The van der Waals surface area contributed by atoms with Crippen LogP contribution in [-0.4, -0.2) is 51.0 Å². The number of carbonyl (C=O) groups is 1. The van der Waals surface area contributed by atoms with Crippen LogP contribution in [0.15, 0.2) is 47.4 Å². The maximum absolute atomic E-state index is 13.3. The lowest BCUT2D eigenvalue weighted by molar-refractivity contribution is -0.123. The van der Waals surface area contributed by atoms with Gasteiger partial charge in [-0.05, 0) is 49.9 Å². The van der Waals surface area contributed by atoms with E-state index in [1.54, 1.807) is 18.2 Å². The number of rotatable bonds is 3. The van der Waals surface area contributed by atoms with Gasteiger partial charge in [0, 0.05) is 43.2 Å². The molecule has 0 aliphatic carbocycles. The van der Waals surface area contributed by atoms with E-state index < -0.39 is 10.0 Å². The van der Waals surface area contributed by atoms with Gasteiger partial charge in [0.05, 0.1) is 18.1 Å². The Bertz CT molecular complexity index is 1120. The summed E-state index contributed by atoms with van der Waals surface area (Å²) in [7, 11) is -3.66. The molecule has 1 amide bonds. The van der Waals surface area contributed by atoms with Crippen LogP contribution in [0.25, 0.3) is 0 Å². The second-order valence-electron chi connectivity index (χ2n) is 8.73. The van der Waals surface area contributed by atoms with E-state index in [9.17, 15) is 13.2 Å². The Hall–Kier alpha value is -2.58. The van der Waals surface area contributed by atoms with Crippen molar-refractivity contribution in [2.45, 2.75) is 43.5 Å². The van der Waals surface area contributed by atoms with Gasteiger partial charge >= 0.3 is 0 Å². The molecule has 2 aromatic carbocycles. The molecule has 0 N–H and O–H groups in total. The fourth-order valence-corrected chi connectivity index (χ4v) is 6.38. The van der Waals surface area contributed by atoms with E-state index in [2.05, 4.69) is 13.0 Å². The van der Waals surface area contributed by atoms with Crippen molar-refractivity contribution in [3.63, 3.8) is 0 Å². The quantitative estimate of drug-likeness (QED) is 0.709. The molecule has 0 bridgehead atoms. The number of nitrogens with zero attached hydrogens (tertiary/aromatic N) is 2. The molecular formula is C24H28N2O5S. The van der Waals surface area contributed by atoms with Crippen molar-refractivity contribution in [1.82, 2.24) is 4.31 Å². The van der Waals surface area contributed by atoms with E-state index in [1.165, 1.54) is 9.87 Å². The minimum absolute atomic E-state index is 0.107. The monoisotopic (exact) mass is 456 g/mol. The lowest BCUT2D eigenvalue weighted by atomic mass is 9.96. The van der Waals surface area contributed by atoms with Crippen LogP contribution in [0.1, 0.15) is 31.7 Å². The van der Waals surface area contributed by atoms with Gasteiger partial charge in [-0.15, -0.1) is 0 Å². The number of ether oxygens (including phenoxy) is 2. The van der Waals surface area contributed by atoms with Crippen LogP contribution < -0.4 is 14.4 Å². The van der Waals surface area contributed by atoms with Gasteiger partial charge in [0.2, 0.25) is 15.9 Å². The summed E-state index contributed by atoms with van der Waals surface area (Å²) in [4.78, 5) is 15.4. The maximum atomic E-state index is 13.3. The number of piperidine rings is 1. The summed E-state index contributed by atoms with van der Waals surface area (Å²) in [6.07, 6.45) is 2.67. The van der Waals surface area contributed by atoms with Crippen LogP contribution in [0.4, 0.5) is 5.69 Å². The highest BCUT2D eigenvalue weighted by atomic mass is 32.2. The van der Waals surface area contributed by atoms with Gasteiger partial charge in [-0.25, -0.2) is 8.42 Å². The van der Waals surface area contributed by atoms with Crippen molar-refractivity contribution in [3.8, 4) is 11.5 Å². The van der Waals surface area contributed by atoms with Gasteiger partial charge in [-0.2, -0.15) is 4.31 Å². The predicted molar refractivity (Wildman–Crippen MR) is 121 cm³/mol. The highest BCUT2D eigenvalue weighted by Gasteiger charge is 2.38. The third-order valence-electron chi connectivity index (χ3n) is 6.60. The van der Waals surface area contributed by atoms with E-state index in [0.29, 0.717) is 50.6 Å². The zero-order valence-corrected chi connectivity index (χ0v) is 19.0. The minimum Gasteiger partial charge on any atom is -0.490 e.